The highest BCUT2D eigenvalue weighted by Crippen LogP contribution is 2.25. The van der Waals surface area contributed by atoms with Gasteiger partial charge in [-0.2, -0.15) is 0 Å². The zero-order chi connectivity index (χ0) is 15.2. The van der Waals surface area contributed by atoms with Gasteiger partial charge in [-0.05, 0) is 37.9 Å². The summed E-state index contributed by atoms with van der Waals surface area (Å²) in [6.45, 7) is 3.38. The van der Waals surface area contributed by atoms with Gasteiger partial charge in [-0.25, -0.2) is 0 Å². The largest absolute Gasteiger partial charge is 0.393 e. The van der Waals surface area contributed by atoms with Crippen molar-refractivity contribution in [3.8, 4) is 0 Å². The molecule has 4 nitrogen and oxygen atoms in total. The minimum absolute atomic E-state index is 0.147. The van der Waals surface area contributed by atoms with Gasteiger partial charge in [-0.15, -0.1) is 0 Å². The van der Waals surface area contributed by atoms with Gasteiger partial charge in [-0.1, -0.05) is 29.3 Å². The van der Waals surface area contributed by atoms with E-state index in [9.17, 15) is 9.90 Å². The van der Waals surface area contributed by atoms with Crippen LogP contribution in [0.3, 0.4) is 0 Å². The van der Waals surface area contributed by atoms with E-state index in [1.807, 2.05) is 0 Å². The summed E-state index contributed by atoms with van der Waals surface area (Å²) in [5.74, 6) is -0.198. The molecule has 2 N–H and O–H groups in total. The van der Waals surface area contributed by atoms with Crippen molar-refractivity contribution < 1.29 is 9.90 Å². The summed E-state index contributed by atoms with van der Waals surface area (Å²) in [4.78, 5) is 14.3. The van der Waals surface area contributed by atoms with Crippen LogP contribution in [-0.4, -0.2) is 48.2 Å². The van der Waals surface area contributed by atoms with Crippen molar-refractivity contribution in [1.82, 2.24) is 10.2 Å². The first-order valence-electron chi connectivity index (χ1n) is 7.20. The van der Waals surface area contributed by atoms with Gasteiger partial charge < -0.3 is 15.3 Å². The monoisotopic (exact) mass is 330 g/mol. The van der Waals surface area contributed by atoms with E-state index < -0.39 is 0 Å². The summed E-state index contributed by atoms with van der Waals surface area (Å²) >= 11 is 11.9. The average Bonchev–Trinajstić information content (AvgIpc) is 2.48. The minimum atomic E-state index is -0.198. The molecular formula is C15H20Cl2N2O2. The lowest BCUT2D eigenvalue weighted by Gasteiger charge is -2.29. The Balaban J connectivity index is 1.71. The molecule has 6 heteroatoms. The van der Waals surface area contributed by atoms with Crippen LogP contribution in [-0.2, 0) is 0 Å². The standard InChI is InChI=1S/C15H20Cl2N2O2/c16-13-4-1-3-12(14(13)17)15(21)18-7-2-8-19-9-5-11(20)6-10-19/h1,3-4,11,20H,2,5-10H2,(H,18,21). The van der Waals surface area contributed by atoms with E-state index in [1.54, 1.807) is 18.2 Å². The van der Waals surface area contributed by atoms with Crippen LogP contribution in [0.4, 0.5) is 0 Å². The second-order valence-corrected chi connectivity index (χ2v) is 6.07. The van der Waals surface area contributed by atoms with Gasteiger partial charge in [0.15, 0.2) is 0 Å². The Morgan fingerprint density at radius 1 is 1.33 bits per heavy atom. The third-order valence-electron chi connectivity index (χ3n) is 3.69. The number of nitrogens with zero attached hydrogens (tertiary/aromatic N) is 1. The lowest BCUT2D eigenvalue weighted by Crippen LogP contribution is -2.37. The zero-order valence-electron chi connectivity index (χ0n) is 11.8. The summed E-state index contributed by atoms with van der Waals surface area (Å²) in [6.07, 6.45) is 2.40. The number of aliphatic hydroxyl groups is 1. The Kier molecular flexibility index (Phi) is 6.30. The topological polar surface area (TPSA) is 52.6 Å². The minimum Gasteiger partial charge on any atom is -0.393 e. The Labute approximate surface area is 135 Å². The molecule has 1 saturated heterocycles. The Morgan fingerprint density at radius 3 is 2.76 bits per heavy atom. The second kappa shape index (κ2) is 7.99. The van der Waals surface area contributed by atoms with E-state index in [0.29, 0.717) is 22.2 Å². The number of piperidine rings is 1. The number of carbonyl (C=O) groups excluding carboxylic acids is 1. The highest BCUT2D eigenvalue weighted by atomic mass is 35.5. The summed E-state index contributed by atoms with van der Waals surface area (Å²) < 4.78 is 0. The van der Waals surface area contributed by atoms with Crippen LogP contribution in [0.1, 0.15) is 29.6 Å². The van der Waals surface area contributed by atoms with Crippen LogP contribution >= 0.6 is 23.2 Å². The summed E-state index contributed by atoms with van der Waals surface area (Å²) in [5, 5.41) is 13.0. The molecule has 1 aromatic carbocycles. The molecule has 0 spiro atoms. The molecule has 2 rings (SSSR count). The van der Waals surface area contributed by atoms with E-state index in [2.05, 4.69) is 10.2 Å². The number of hydrogen-bond acceptors (Lipinski definition) is 3. The van der Waals surface area contributed by atoms with Crippen LogP contribution in [0.25, 0.3) is 0 Å². The normalized spacial score (nSPS) is 16.9. The first kappa shape index (κ1) is 16.6. The number of nitrogens with one attached hydrogen (secondary N) is 1. The Hall–Kier alpha value is -0.810. The van der Waals surface area contributed by atoms with Gasteiger partial charge in [-0.3, -0.25) is 4.79 Å². The maximum Gasteiger partial charge on any atom is 0.252 e. The average molecular weight is 331 g/mol. The molecule has 1 heterocycles. The molecule has 1 aliphatic heterocycles. The molecule has 0 atom stereocenters. The third-order valence-corrected chi connectivity index (χ3v) is 4.51. The molecule has 0 saturated carbocycles. The number of rotatable bonds is 5. The van der Waals surface area contributed by atoms with Gasteiger partial charge in [0.05, 0.1) is 21.7 Å². The molecule has 0 radical (unpaired) electrons. The maximum atomic E-state index is 12.0. The van der Waals surface area contributed by atoms with Crippen molar-refractivity contribution in [2.45, 2.75) is 25.4 Å². The molecule has 21 heavy (non-hydrogen) atoms. The lowest BCUT2D eigenvalue weighted by atomic mass is 10.1. The molecule has 0 bridgehead atoms. The van der Waals surface area contributed by atoms with Gasteiger partial charge in [0, 0.05) is 19.6 Å². The molecule has 1 aliphatic rings. The molecule has 0 aromatic heterocycles. The van der Waals surface area contributed by atoms with Gasteiger partial charge >= 0.3 is 0 Å². The number of carbonyl (C=O) groups is 1. The summed E-state index contributed by atoms with van der Waals surface area (Å²) in [5.41, 5.74) is 0.408. The Bertz CT molecular complexity index is 489. The van der Waals surface area contributed by atoms with E-state index in [0.717, 1.165) is 38.9 Å². The fourth-order valence-corrected chi connectivity index (χ4v) is 2.81. The van der Waals surface area contributed by atoms with Crippen LogP contribution in [0, 0.1) is 0 Å². The highest BCUT2D eigenvalue weighted by Gasteiger charge is 2.16. The van der Waals surface area contributed by atoms with Crippen molar-refractivity contribution in [2.24, 2.45) is 0 Å². The van der Waals surface area contributed by atoms with Crippen molar-refractivity contribution in [3.05, 3.63) is 33.8 Å². The number of amides is 1. The third kappa shape index (κ3) is 4.85. The van der Waals surface area contributed by atoms with Crippen LogP contribution in [0.5, 0.6) is 0 Å². The molecule has 1 aromatic rings. The van der Waals surface area contributed by atoms with Crippen LogP contribution in [0.15, 0.2) is 18.2 Å². The van der Waals surface area contributed by atoms with E-state index in [-0.39, 0.29) is 12.0 Å². The Morgan fingerprint density at radius 2 is 2.05 bits per heavy atom. The van der Waals surface area contributed by atoms with Crippen molar-refractivity contribution in [3.63, 3.8) is 0 Å². The number of halogens is 2. The van der Waals surface area contributed by atoms with Gasteiger partial charge in [0.25, 0.3) is 5.91 Å². The van der Waals surface area contributed by atoms with Crippen molar-refractivity contribution in [1.29, 1.82) is 0 Å². The lowest BCUT2D eigenvalue weighted by molar-refractivity contribution is 0.0816. The van der Waals surface area contributed by atoms with Crippen LogP contribution < -0.4 is 5.32 Å². The van der Waals surface area contributed by atoms with E-state index in [1.165, 1.54) is 0 Å². The van der Waals surface area contributed by atoms with Gasteiger partial charge in [0.1, 0.15) is 0 Å². The van der Waals surface area contributed by atoms with Gasteiger partial charge in [0.2, 0.25) is 0 Å². The predicted octanol–water partition coefficient (Wildman–Crippen LogP) is 2.57. The number of benzene rings is 1. The number of aliphatic hydroxyl groups excluding tert-OH is 1. The number of hydrogen-bond donors (Lipinski definition) is 2. The first-order chi connectivity index (χ1) is 10.1. The fourth-order valence-electron chi connectivity index (χ4n) is 2.42. The second-order valence-electron chi connectivity index (χ2n) is 5.28. The van der Waals surface area contributed by atoms with E-state index >= 15 is 0 Å². The van der Waals surface area contributed by atoms with Crippen LogP contribution in [0.2, 0.25) is 10.0 Å². The SMILES string of the molecule is O=C(NCCCN1CCC(O)CC1)c1cccc(Cl)c1Cl. The number of likely N-dealkylation sites (tertiary alicyclic amines) is 1. The molecule has 0 unspecified atom stereocenters. The molecular weight excluding hydrogens is 311 g/mol. The molecule has 0 aliphatic carbocycles. The highest BCUT2D eigenvalue weighted by molar-refractivity contribution is 6.43. The predicted molar refractivity (Wildman–Crippen MR) is 85.1 cm³/mol. The molecule has 116 valence electrons. The van der Waals surface area contributed by atoms with E-state index in [4.69, 9.17) is 23.2 Å². The molecule has 1 fully saturated rings. The zero-order valence-corrected chi connectivity index (χ0v) is 13.3. The summed E-state index contributed by atoms with van der Waals surface area (Å²) in [6, 6.07) is 5.03. The smallest absolute Gasteiger partial charge is 0.252 e. The fraction of sp³-hybridized carbons (Fsp3) is 0.533. The maximum absolute atomic E-state index is 12.0. The first-order valence-corrected chi connectivity index (χ1v) is 7.96. The van der Waals surface area contributed by atoms with Crippen molar-refractivity contribution >= 4 is 29.1 Å². The summed E-state index contributed by atoms with van der Waals surface area (Å²) in [7, 11) is 0. The van der Waals surface area contributed by atoms with Crippen molar-refractivity contribution in [2.75, 3.05) is 26.2 Å². The quantitative estimate of drug-likeness (QED) is 0.816. The molecule has 1 amide bonds.